The average Bonchev–Trinajstić information content (AvgIpc) is 3.42. The average molecular weight is 418 g/mol. The predicted octanol–water partition coefficient (Wildman–Crippen LogP) is 3.15. The SMILES string of the molecule is CC(C)c1ccc(N2C[C@]34C=C[C@H](O3)[C@@H](C(=O)N(C)Cc3ccccn3)[C@H]4C2=O)cc1. The molecule has 1 aromatic carbocycles. The summed E-state index contributed by atoms with van der Waals surface area (Å²) in [5, 5.41) is 0. The van der Waals surface area contributed by atoms with Crippen molar-refractivity contribution >= 4 is 17.5 Å². The highest BCUT2D eigenvalue weighted by atomic mass is 16.5. The van der Waals surface area contributed by atoms with Crippen molar-refractivity contribution in [1.29, 1.82) is 0 Å². The van der Waals surface area contributed by atoms with E-state index in [1.807, 2.05) is 42.5 Å². The molecular weight excluding hydrogens is 390 g/mol. The van der Waals surface area contributed by atoms with Gasteiger partial charge in [0.1, 0.15) is 5.60 Å². The number of hydrogen-bond donors (Lipinski definition) is 0. The summed E-state index contributed by atoms with van der Waals surface area (Å²) in [6.45, 7) is 5.14. The Kier molecular flexibility index (Phi) is 4.70. The highest BCUT2D eigenvalue weighted by molar-refractivity contribution is 6.03. The van der Waals surface area contributed by atoms with Crippen LogP contribution in [-0.4, -0.2) is 47.0 Å². The minimum absolute atomic E-state index is 0.0336. The minimum Gasteiger partial charge on any atom is -0.360 e. The standard InChI is InChI=1S/C25H27N3O3/c1-16(2)17-7-9-19(10-8-17)28-15-25-12-11-20(31-25)21(22(25)24(28)30)23(29)27(3)14-18-6-4-5-13-26-18/h4-13,16,20-22H,14-15H2,1-3H3/t20-,21+,22-,25-/m0/s1. The Morgan fingerprint density at radius 3 is 2.71 bits per heavy atom. The van der Waals surface area contributed by atoms with Crippen molar-refractivity contribution in [3.05, 3.63) is 72.1 Å². The number of ether oxygens (including phenoxy) is 1. The van der Waals surface area contributed by atoms with Gasteiger partial charge in [0.25, 0.3) is 0 Å². The van der Waals surface area contributed by atoms with Gasteiger partial charge >= 0.3 is 0 Å². The lowest BCUT2D eigenvalue weighted by Crippen LogP contribution is -2.44. The highest BCUT2D eigenvalue weighted by Gasteiger charge is 2.67. The number of amides is 2. The molecule has 0 saturated carbocycles. The summed E-state index contributed by atoms with van der Waals surface area (Å²) in [6.07, 6.45) is 5.31. The first-order chi connectivity index (χ1) is 14.9. The van der Waals surface area contributed by atoms with Crippen LogP contribution in [0.25, 0.3) is 0 Å². The van der Waals surface area contributed by atoms with Gasteiger partial charge in [0.15, 0.2) is 0 Å². The predicted molar refractivity (Wildman–Crippen MR) is 117 cm³/mol. The van der Waals surface area contributed by atoms with Gasteiger partial charge in [-0.1, -0.05) is 44.2 Å². The molecule has 0 unspecified atom stereocenters. The molecule has 4 atom stereocenters. The second-order valence-electron chi connectivity index (χ2n) is 9.09. The maximum atomic E-state index is 13.5. The molecule has 2 fully saturated rings. The summed E-state index contributed by atoms with van der Waals surface area (Å²) in [4.78, 5) is 34.7. The zero-order chi connectivity index (χ0) is 21.8. The fourth-order valence-corrected chi connectivity index (χ4v) is 5.10. The summed E-state index contributed by atoms with van der Waals surface area (Å²) >= 11 is 0. The molecule has 1 spiro atoms. The number of nitrogens with zero attached hydrogens (tertiary/aromatic N) is 3. The van der Waals surface area contributed by atoms with Crippen LogP contribution in [0.2, 0.25) is 0 Å². The van der Waals surface area contributed by atoms with E-state index < -0.39 is 17.4 Å². The van der Waals surface area contributed by atoms with E-state index in [0.717, 1.165) is 11.4 Å². The van der Waals surface area contributed by atoms with E-state index in [4.69, 9.17) is 4.74 Å². The fourth-order valence-electron chi connectivity index (χ4n) is 5.10. The number of carbonyl (C=O) groups excluding carboxylic acids is 2. The smallest absolute Gasteiger partial charge is 0.234 e. The lowest BCUT2D eigenvalue weighted by Gasteiger charge is -2.27. The molecule has 5 rings (SSSR count). The van der Waals surface area contributed by atoms with Gasteiger partial charge in [0.05, 0.1) is 36.7 Å². The van der Waals surface area contributed by atoms with Crippen molar-refractivity contribution in [2.75, 3.05) is 18.5 Å². The topological polar surface area (TPSA) is 62.7 Å². The fraction of sp³-hybridized carbons (Fsp3) is 0.400. The van der Waals surface area contributed by atoms with Crippen molar-refractivity contribution < 1.29 is 14.3 Å². The molecule has 2 aromatic rings. The molecular formula is C25H27N3O3. The number of hydrogen-bond acceptors (Lipinski definition) is 4. The summed E-state index contributed by atoms with van der Waals surface area (Å²) < 4.78 is 6.27. The third kappa shape index (κ3) is 3.17. The van der Waals surface area contributed by atoms with E-state index in [1.165, 1.54) is 5.56 Å². The zero-order valence-electron chi connectivity index (χ0n) is 18.1. The van der Waals surface area contributed by atoms with Crippen molar-refractivity contribution in [3.8, 4) is 0 Å². The van der Waals surface area contributed by atoms with Crippen LogP contribution < -0.4 is 4.90 Å². The number of rotatable bonds is 5. The monoisotopic (exact) mass is 417 g/mol. The molecule has 2 amide bonds. The molecule has 6 heteroatoms. The Hall–Kier alpha value is -2.99. The third-order valence-corrected chi connectivity index (χ3v) is 6.76. The number of carbonyl (C=O) groups is 2. The number of pyridine rings is 1. The van der Waals surface area contributed by atoms with Crippen LogP contribution in [0.1, 0.15) is 31.0 Å². The Morgan fingerprint density at radius 2 is 2.03 bits per heavy atom. The normalized spacial score (nSPS) is 28.5. The van der Waals surface area contributed by atoms with Gasteiger partial charge in [-0.3, -0.25) is 14.6 Å². The van der Waals surface area contributed by atoms with Gasteiger partial charge in [-0.2, -0.15) is 0 Å². The molecule has 6 nitrogen and oxygen atoms in total. The van der Waals surface area contributed by atoms with Gasteiger partial charge in [0, 0.05) is 18.9 Å². The Labute approximate surface area is 182 Å². The lowest BCUT2D eigenvalue weighted by molar-refractivity contribution is -0.139. The van der Waals surface area contributed by atoms with Crippen molar-refractivity contribution in [3.63, 3.8) is 0 Å². The van der Waals surface area contributed by atoms with Crippen LogP contribution in [0.4, 0.5) is 5.69 Å². The molecule has 0 N–H and O–H groups in total. The second-order valence-corrected chi connectivity index (χ2v) is 9.09. The van der Waals surface area contributed by atoms with Gasteiger partial charge in [-0.05, 0) is 35.7 Å². The molecule has 31 heavy (non-hydrogen) atoms. The van der Waals surface area contributed by atoms with E-state index in [9.17, 15) is 9.59 Å². The molecule has 3 aliphatic rings. The Morgan fingerprint density at radius 1 is 1.26 bits per heavy atom. The summed E-state index contributed by atoms with van der Waals surface area (Å²) in [7, 11) is 1.77. The summed E-state index contributed by atoms with van der Waals surface area (Å²) in [5.74, 6) is -0.678. The van der Waals surface area contributed by atoms with Gasteiger partial charge < -0.3 is 14.5 Å². The molecule has 0 radical (unpaired) electrons. The molecule has 2 saturated heterocycles. The van der Waals surface area contributed by atoms with Crippen LogP contribution in [0, 0.1) is 11.8 Å². The van der Waals surface area contributed by atoms with E-state index in [-0.39, 0.29) is 17.9 Å². The van der Waals surface area contributed by atoms with E-state index in [1.54, 1.807) is 23.0 Å². The van der Waals surface area contributed by atoms with Crippen molar-refractivity contribution in [2.24, 2.45) is 11.8 Å². The van der Waals surface area contributed by atoms with Crippen LogP contribution in [0.3, 0.4) is 0 Å². The largest absolute Gasteiger partial charge is 0.360 e. The zero-order valence-corrected chi connectivity index (χ0v) is 18.1. The maximum absolute atomic E-state index is 13.5. The van der Waals surface area contributed by atoms with Crippen LogP contribution in [0.5, 0.6) is 0 Å². The molecule has 1 aromatic heterocycles. The Balaban J connectivity index is 1.39. The quantitative estimate of drug-likeness (QED) is 0.701. The van der Waals surface area contributed by atoms with Crippen LogP contribution in [-0.2, 0) is 20.9 Å². The second kappa shape index (κ2) is 7.31. The van der Waals surface area contributed by atoms with E-state index in [2.05, 4.69) is 31.0 Å². The molecule has 2 bridgehead atoms. The number of anilines is 1. The summed E-state index contributed by atoms with van der Waals surface area (Å²) in [6, 6.07) is 13.8. The van der Waals surface area contributed by atoms with E-state index >= 15 is 0 Å². The number of benzene rings is 1. The van der Waals surface area contributed by atoms with Gasteiger partial charge in [-0.15, -0.1) is 0 Å². The van der Waals surface area contributed by atoms with Crippen LogP contribution in [0.15, 0.2) is 60.8 Å². The number of fused-ring (bicyclic) bond motifs is 1. The van der Waals surface area contributed by atoms with Gasteiger partial charge in [0.2, 0.25) is 11.8 Å². The third-order valence-electron chi connectivity index (χ3n) is 6.76. The Bertz CT molecular complexity index is 1030. The first kappa shape index (κ1) is 19.9. The minimum atomic E-state index is -0.718. The van der Waals surface area contributed by atoms with Crippen molar-refractivity contribution in [1.82, 2.24) is 9.88 Å². The molecule has 4 heterocycles. The maximum Gasteiger partial charge on any atom is 0.234 e. The number of aromatic nitrogens is 1. The first-order valence-corrected chi connectivity index (χ1v) is 10.8. The molecule has 3 aliphatic heterocycles. The molecule has 160 valence electrons. The van der Waals surface area contributed by atoms with Crippen molar-refractivity contribution in [2.45, 2.75) is 38.0 Å². The van der Waals surface area contributed by atoms with Gasteiger partial charge in [-0.25, -0.2) is 0 Å². The first-order valence-electron chi connectivity index (χ1n) is 10.8. The lowest BCUT2D eigenvalue weighted by atomic mass is 9.76. The van der Waals surface area contributed by atoms with Crippen LogP contribution >= 0.6 is 0 Å². The molecule has 0 aliphatic carbocycles. The summed E-state index contributed by atoms with van der Waals surface area (Å²) in [5.41, 5.74) is 2.18. The van der Waals surface area contributed by atoms with E-state index in [0.29, 0.717) is 19.0 Å². The highest BCUT2D eigenvalue weighted by Crippen LogP contribution is 2.53.